The minimum Gasteiger partial charge on any atom is -0.247 e. The van der Waals surface area contributed by atoms with Crippen LogP contribution in [0.3, 0.4) is 0 Å². The second kappa shape index (κ2) is 12.8. The number of pyridine rings is 2. The number of allylic oxidation sites excluding steroid dienone is 3. The largest absolute Gasteiger partial charge is 0.247 e. The van der Waals surface area contributed by atoms with Gasteiger partial charge in [-0.2, -0.15) is 0 Å². The van der Waals surface area contributed by atoms with E-state index in [1.165, 1.54) is 60.1 Å². The molecule has 2 heteroatoms. The number of nitrogens with zero attached hydrogens (tertiary/aromatic N) is 2. The predicted octanol–water partition coefficient (Wildman–Crippen LogP) is 13.9. The Morgan fingerprint density at radius 2 is 1.11 bits per heavy atom. The quantitative estimate of drug-likeness (QED) is 0.171. The highest BCUT2D eigenvalue weighted by molar-refractivity contribution is 6.22. The van der Waals surface area contributed by atoms with E-state index in [4.69, 9.17) is 9.97 Å². The Hall–Kier alpha value is -7.16. The van der Waals surface area contributed by atoms with Gasteiger partial charge in [0.25, 0.3) is 0 Å². The van der Waals surface area contributed by atoms with Gasteiger partial charge in [0.2, 0.25) is 0 Å². The Kier molecular flexibility index (Phi) is 7.28. The SMILES string of the molecule is C1=Cc2ccc3ccc(-c4ccc(-c5cccc(-c6nc7ccccc7c7c6ccc6ccccc67)c5)c5ccccc45)nc3c2CC=C1c1ccccc1. The van der Waals surface area contributed by atoms with Crippen LogP contribution in [0.4, 0.5) is 0 Å². The molecule has 2 heterocycles. The highest BCUT2D eigenvalue weighted by Gasteiger charge is 2.17. The third-order valence-electron chi connectivity index (χ3n) is 11.3. The fraction of sp³-hybridized carbons (Fsp3) is 0.0189. The van der Waals surface area contributed by atoms with Gasteiger partial charge in [0.05, 0.1) is 22.4 Å². The average molecular weight is 699 g/mol. The molecule has 0 amide bonds. The second-order valence-electron chi connectivity index (χ2n) is 14.4. The molecule has 0 atom stereocenters. The fourth-order valence-corrected chi connectivity index (χ4v) is 8.64. The van der Waals surface area contributed by atoms with Crippen LogP contribution in [0.2, 0.25) is 0 Å². The zero-order valence-electron chi connectivity index (χ0n) is 30.1. The monoisotopic (exact) mass is 698 g/mol. The topological polar surface area (TPSA) is 25.8 Å². The molecule has 0 saturated carbocycles. The van der Waals surface area contributed by atoms with E-state index in [2.05, 4.69) is 194 Å². The van der Waals surface area contributed by atoms with Crippen molar-refractivity contribution in [1.82, 2.24) is 9.97 Å². The molecule has 1 aliphatic carbocycles. The minimum absolute atomic E-state index is 0.827. The number of rotatable bonds is 4. The van der Waals surface area contributed by atoms with Crippen LogP contribution in [-0.2, 0) is 6.42 Å². The van der Waals surface area contributed by atoms with Gasteiger partial charge in [0.1, 0.15) is 0 Å². The van der Waals surface area contributed by atoms with Crippen LogP contribution in [0.25, 0.3) is 99.4 Å². The summed E-state index contributed by atoms with van der Waals surface area (Å²) in [6.07, 6.45) is 7.64. The molecule has 0 fully saturated rings. The van der Waals surface area contributed by atoms with Crippen LogP contribution in [-0.4, -0.2) is 9.97 Å². The maximum atomic E-state index is 5.41. The van der Waals surface area contributed by atoms with Crippen molar-refractivity contribution in [2.75, 3.05) is 0 Å². The van der Waals surface area contributed by atoms with Crippen molar-refractivity contribution < 1.29 is 0 Å². The first-order valence-electron chi connectivity index (χ1n) is 19.0. The summed E-state index contributed by atoms with van der Waals surface area (Å²) in [5, 5.41) is 9.63. The summed E-state index contributed by atoms with van der Waals surface area (Å²) in [4.78, 5) is 10.7. The molecular formula is C53H34N2. The predicted molar refractivity (Wildman–Crippen MR) is 233 cm³/mol. The van der Waals surface area contributed by atoms with E-state index in [1.54, 1.807) is 0 Å². The lowest BCUT2D eigenvalue weighted by Gasteiger charge is -2.15. The van der Waals surface area contributed by atoms with Gasteiger partial charge in [-0.1, -0.05) is 176 Å². The lowest BCUT2D eigenvalue weighted by Crippen LogP contribution is -1.95. The zero-order valence-corrected chi connectivity index (χ0v) is 30.1. The molecule has 2 aromatic heterocycles. The van der Waals surface area contributed by atoms with E-state index in [-0.39, 0.29) is 0 Å². The van der Waals surface area contributed by atoms with Crippen molar-refractivity contribution in [2.45, 2.75) is 6.42 Å². The van der Waals surface area contributed by atoms with Crippen LogP contribution in [0.1, 0.15) is 16.7 Å². The first kappa shape index (κ1) is 31.4. The van der Waals surface area contributed by atoms with Crippen LogP contribution in [0, 0.1) is 0 Å². The van der Waals surface area contributed by atoms with E-state index >= 15 is 0 Å². The Balaban J connectivity index is 1.03. The zero-order chi connectivity index (χ0) is 36.3. The molecule has 0 unspecified atom stereocenters. The molecule has 256 valence electrons. The van der Waals surface area contributed by atoms with Crippen LogP contribution < -0.4 is 0 Å². The van der Waals surface area contributed by atoms with E-state index in [0.717, 1.165) is 56.3 Å². The van der Waals surface area contributed by atoms with Gasteiger partial charge in [-0.3, -0.25) is 0 Å². The number of benzene rings is 8. The molecule has 0 saturated heterocycles. The summed E-state index contributed by atoms with van der Waals surface area (Å²) in [5.41, 5.74) is 13.6. The molecule has 2 nitrogen and oxygen atoms in total. The molecule has 10 aromatic rings. The minimum atomic E-state index is 0.827. The van der Waals surface area contributed by atoms with Crippen LogP contribution in [0.15, 0.2) is 188 Å². The maximum absolute atomic E-state index is 5.41. The summed E-state index contributed by atoms with van der Waals surface area (Å²) in [7, 11) is 0. The van der Waals surface area contributed by atoms with Gasteiger partial charge in [0.15, 0.2) is 0 Å². The third kappa shape index (κ3) is 5.26. The number of aromatic nitrogens is 2. The van der Waals surface area contributed by atoms with Gasteiger partial charge < -0.3 is 0 Å². The standard InChI is InChI=1S/C53H34N2/c1-2-11-34(12-3-1)35-21-22-37-23-24-38-27-32-50(55-52(38)43(37)28-25-35)46-31-30-41(44-17-6-7-18-45(44)46)39-14-10-15-40(33-39)53-48-29-26-36-13-4-5-16-42(36)51(48)47-19-8-9-20-49(47)54-53/h1-27,29-33H,28H2. The lowest BCUT2D eigenvalue weighted by atomic mass is 9.91. The Labute approximate surface area is 319 Å². The van der Waals surface area contributed by atoms with Gasteiger partial charge in [-0.05, 0) is 79.6 Å². The first-order chi connectivity index (χ1) is 27.3. The van der Waals surface area contributed by atoms with Gasteiger partial charge in [0, 0.05) is 32.7 Å². The highest BCUT2D eigenvalue weighted by Crippen LogP contribution is 2.40. The van der Waals surface area contributed by atoms with Crippen LogP contribution >= 0.6 is 0 Å². The Morgan fingerprint density at radius 3 is 2.00 bits per heavy atom. The van der Waals surface area contributed by atoms with E-state index < -0.39 is 0 Å². The van der Waals surface area contributed by atoms with Crippen LogP contribution in [0.5, 0.6) is 0 Å². The lowest BCUT2D eigenvalue weighted by molar-refractivity contribution is 1.26. The summed E-state index contributed by atoms with van der Waals surface area (Å²) in [6.45, 7) is 0. The summed E-state index contributed by atoms with van der Waals surface area (Å²) in [5.74, 6) is 0. The number of hydrogen-bond donors (Lipinski definition) is 0. The molecule has 0 spiro atoms. The number of fused-ring (bicyclic) bond motifs is 9. The Bertz CT molecular complexity index is 3210. The van der Waals surface area contributed by atoms with E-state index in [0.29, 0.717) is 0 Å². The molecule has 11 rings (SSSR count). The van der Waals surface area contributed by atoms with Crippen molar-refractivity contribution in [1.29, 1.82) is 0 Å². The summed E-state index contributed by atoms with van der Waals surface area (Å²) in [6, 6.07) is 63.3. The van der Waals surface area contributed by atoms with Gasteiger partial charge in [-0.25, -0.2) is 9.97 Å². The molecular weight excluding hydrogens is 665 g/mol. The Morgan fingerprint density at radius 1 is 0.418 bits per heavy atom. The van der Waals surface area contributed by atoms with Crippen molar-refractivity contribution in [3.05, 3.63) is 205 Å². The van der Waals surface area contributed by atoms with E-state index in [9.17, 15) is 0 Å². The first-order valence-corrected chi connectivity index (χ1v) is 19.0. The smallest absolute Gasteiger partial charge is 0.0788 e. The molecule has 1 aliphatic rings. The highest BCUT2D eigenvalue weighted by atomic mass is 14.7. The molecule has 55 heavy (non-hydrogen) atoms. The molecule has 8 aromatic carbocycles. The number of para-hydroxylation sites is 1. The molecule has 0 N–H and O–H groups in total. The van der Waals surface area contributed by atoms with Crippen molar-refractivity contribution in [3.8, 4) is 33.6 Å². The fourth-order valence-electron chi connectivity index (χ4n) is 8.64. The molecule has 0 bridgehead atoms. The van der Waals surface area contributed by atoms with Gasteiger partial charge >= 0.3 is 0 Å². The second-order valence-corrected chi connectivity index (χ2v) is 14.4. The molecule has 0 aliphatic heterocycles. The molecule has 0 radical (unpaired) electrons. The summed E-state index contributed by atoms with van der Waals surface area (Å²) < 4.78 is 0. The van der Waals surface area contributed by atoms with Gasteiger partial charge in [-0.15, -0.1) is 0 Å². The third-order valence-corrected chi connectivity index (χ3v) is 11.3. The normalized spacial score (nSPS) is 12.7. The van der Waals surface area contributed by atoms with Crippen molar-refractivity contribution in [3.63, 3.8) is 0 Å². The average Bonchev–Trinajstić information content (AvgIpc) is 3.49. The van der Waals surface area contributed by atoms with E-state index in [1.807, 2.05) is 0 Å². The summed E-state index contributed by atoms with van der Waals surface area (Å²) >= 11 is 0. The number of hydrogen-bond acceptors (Lipinski definition) is 2. The maximum Gasteiger partial charge on any atom is 0.0788 e. The van der Waals surface area contributed by atoms with Crippen molar-refractivity contribution >= 4 is 65.8 Å². The van der Waals surface area contributed by atoms with Crippen molar-refractivity contribution in [2.24, 2.45) is 0 Å².